The molecule has 0 aliphatic carbocycles. The van der Waals surface area contributed by atoms with Gasteiger partial charge in [-0.3, -0.25) is 0 Å². The Morgan fingerprint density at radius 3 is 2.31 bits per heavy atom. The molecule has 2 aromatic carbocycles. The van der Waals surface area contributed by atoms with Crippen LogP contribution in [0.4, 0.5) is 0 Å². The van der Waals surface area contributed by atoms with E-state index in [0.717, 1.165) is 30.1 Å². The fourth-order valence-corrected chi connectivity index (χ4v) is 3.60. The molecule has 2 aromatic rings. The van der Waals surface area contributed by atoms with Crippen molar-refractivity contribution in [1.82, 2.24) is 0 Å². The lowest BCUT2D eigenvalue weighted by atomic mass is 10.0. The Bertz CT molecular complexity index is 758. The van der Waals surface area contributed by atoms with Gasteiger partial charge < -0.3 is 8.92 Å². The highest BCUT2D eigenvalue weighted by Gasteiger charge is 2.15. The summed E-state index contributed by atoms with van der Waals surface area (Å²) in [6.45, 7) is 5.16. The molecule has 3 rings (SSSR count). The molecule has 0 spiro atoms. The highest BCUT2D eigenvalue weighted by atomic mass is 32.2. The van der Waals surface area contributed by atoms with Crippen molar-refractivity contribution in [2.45, 2.75) is 39.5 Å². The van der Waals surface area contributed by atoms with Gasteiger partial charge in [0.1, 0.15) is 12.0 Å². The molecule has 0 radical (unpaired) electrons. The number of rotatable bonds is 8. The molecule has 0 bridgehead atoms. The van der Waals surface area contributed by atoms with Gasteiger partial charge >= 0.3 is 0 Å². The third kappa shape index (κ3) is 4.73. The molecule has 0 N–H and O–H groups in total. The molecule has 0 fully saturated rings. The topological polar surface area (TPSA) is 18.5 Å². The first kappa shape index (κ1) is 18.7. The quantitative estimate of drug-likeness (QED) is 0.375. The molecule has 0 aromatic heterocycles. The molecular weight excluding hydrogens is 340 g/mol. The summed E-state index contributed by atoms with van der Waals surface area (Å²) in [5.74, 6) is 0.933. The van der Waals surface area contributed by atoms with Crippen LogP contribution in [0.15, 0.2) is 60.9 Å². The van der Waals surface area contributed by atoms with E-state index in [1.807, 2.05) is 6.08 Å². The van der Waals surface area contributed by atoms with Gasteiger partial charge in [0.15, 0.2) is 0 Å². The molecule has 2 nitrogen and oxygen atoms in total. The van der Waals surface area contributed by atoms with Gasteiger partial charge in [0.25, 0.3) is 0 Å². The lowest BCUT2D eigenvalue weighted by Gasteiger charge is -2.16. The predicted molar refractivity (Wildman–Crippen MR) is 112 cm³/mol. The fraction of sp³-hybridized carbons (Fsp3) is 0.304. The SMILES string of the molecule is CCCCCOc1ccc(C2=C(c3ccc(CC)cc3)SOC=C2)cc1. The Kier molecular flexibility index (Phi) is 6.84. The summed E-state index contributed by atoms with van der Waals surface area (Å²) in [7, 11) is 0. The van der Waals surface area contributed by atoms with Crippen molar-refractivity contribution in [2.75, 3.05) is 6.61 Å². The zero-order valence-corrected chi connectivity index (χ0v) is 16.4. The molecule has 0 unspecified atom stereocenters. The van der Waals surface area contributed by atoms with E-state index in [2.05, 4.69) is 62.4 Å². The van der Waals surface area contributed by atoms with E-state index in [-0.39, 0.29) is 0 Å². The maximum atomic E-state index is 5.82. The first-order valence-corrected chi connectivity index (χ1v) is 10.1. The summed E-state index contributed by atoms with van der Waals surface area (Å²) in [5, 5.41) is 0. The van der Waals surface area contributed by atoms with Gasteiger partial charge in [-0.2, -0.15) is 0 Å². The van der Waals surface area contributed by atoms with Crippen molar-refractivity contribution >= 4 is 22.5 Å². The maximum absolute atomic E-state index is 5.82. The second-order valence-electron chi connectivity index (χ2n) is 6.36. The van der Waals surface area contributed by atoms with E-state index in [4.69, 9.17) is 8.92 Å². The first-order chi connectivity index (χ1) is 12.8. The molecule has 0 atom stereocenters. The monoisotopic (exact) mass is 366 g/mol. The van der Waals surface area contributed by atoms with Crippen LogP contribution in [0.2, 0.25) is 0 Å². The summed E-state index contributed by atoms with van der Waals surface area (Å²) in [4.78, 5) is 1.15. The van der Waals surface area contributed by atoms with Gasteiger partial charge in [0, 0.05) is 5.57 Å². The number of hydrogen-bond acceptors (Lipinski definition) is 3. The Balaban J connectivity index is 1.80. The van der Waals surface area contributed by atoms with Crippen LogP contribution < -0.4 is 4.74 Å². The Morgan fingerprint density at radius 1 is 0.885 bits per heavy atom. The van der Waals surface area contributed by atoms with E-state index in [1.165, 1.54) is 47.1 Å². The van der Waals surface area contributed by atoms with Crippen LogP contribution in [-0.2, 0) is 10.6 Å². The minimum atomic E-state index is 0.786. The number of aryl methyl sites for hydroxylation is 1. The lowest BCUT2D eigenvalue weighted by Crippen LogP contribution is -1.97. The molecule has 0 amide bonds. The molecule has 0 saturated carbocycles. The molecule has 1 aliphatic rings. The van der Waals surface area contributed by atoms with Crippen LogP contribution in [0, 0.1) is 0 Å². The zero-order chi connectivity index (χ0) is 18.2. The van der Waals surface area contributed by atoms with Gasteiger partial charge in [-0.1, -0.05) is 63.1 Å². The van der Waals surface area contributed by atoms with Crippen molar-refractivity contribution in [2.24, 2.45) is 0 Å². The van der Waals surface area contributed by atoms with Crippen LogP contribution in [-0.4, -0.2) is 6.61 Å². The molecule has 1 aliphatic heterocycles. The van der Waals surface area contributed by atoms with Crippen LogP contribution in [0.25, 0.3) is 10.5 Å². The number of allylic oxidation sites excluding steroid dienone is 2. The molecular formula is C23H26O2S. The van der Waals surface area contributed by atoms with Gasteiger partial charge in [0.2, 0.25) is 0 Å². The standard InChI is InChI=1S/C23H26O2S/c1-3-5-6-16-24-21-13-11-19(12-14-21)22-15-17-25-26-23(22)20-9-7-18(4-2)8-10-20/h7-15,17H,3-6,16H2,1-2H3. The Labute approximate surface area is 161 Å². The maximum Gasteiger partial charge on any atom is 0.119 e. The highest BCUT2D eigenvalue weighted by Crippen LogP contribution is 2.40. The van der Waals surface area contributed by atoms with Gasteiger partial charge in [0.05, 0.1) is 23.6 Å². The number of benzene rings is 2. The molecule has 3 heteroatoms. The summed E-state index contributed by atoms with van der Waals surface area (Å²) in [6, 6.07) is 17.1. The minimum Gasteiger partial charge on any atom is -0.494 e. The van der Waals surface area contributed by atoms with Crippen LogP contribution in [0.3, 0.4) is 0 Å². The predicted octanol–water partition coefficient (Wildman–Crippen LogP) is 6.88. The number of unbranched alkanes of at least 4 members (excludes halogenated alkanes) is 2. The van der Waals surface area contributed by atoms with Crippen LogP contribution >= 0.6 is 12.0 Å². The van der Waals surface area contributed by atoms with Gasteiger partial charge in [-0.05, 0) is 47.7 Å². The highest BCUT2D eigenvalue weighted by molar-refractivity contribution is 8.04. The summed E-state index contributed by atoms with van der Waals surface area (Å²) in [6.07, 6.45) is 8.38. The third-order valence-electron chi connectivity index (χ3n) is 4.47. The van der Waals surface area contributed by atoms with Crippen molar-refractivity contribution in [3.63, 3.8) is 0 Å². The normalized spacial score (nSPS) is 13.6. The fourth-order valence-electron chi connectivity index (χ4n) is 2.89. The van der Waals surface area contributed by atoms with Crippen molar-refractivity contribution < 1.29 is 8.92 Å². The minimum absolute atomic E-state index is 0.786. The average Bonchev–Trinajstić information content (AvgIpc) is 2.72. The largest absolute Gasteiger partial charge is 0.494 e. The first-order valence-electron chi connectivity index (χ1n) is 9.38. The van der Waals surface area contributed by atoms with Crippen LogP contribution in [0.5, 0.6) is 5.75 Å². The number of hydrogen-bond donors (Lipinski definition) is 0. The summed E-state index contributed by atoms with van der Waals surface area (Å²) < 4.78 is 11.3. The van der Waals surface area contributed by atoms with E-state index >= 15 is 0 Å². The number of ether oxygens (including phenoxy) is 1. The van der Waals surface area contributed by atoms with Crippen LogP contribution in [0.1, 0.15) is 49.8 Å². The van der Waals surface area contributed by atoms with E-state index < -0.39 is 0 Å². The molecule has 1 heterocycles. The molecule has 26 heavy (non-hydrogen) atoms. The Morgan fingerprint density at radius 2 is 1.62 bits per heavy atom. The Hall–Kier alpha value is -2.13. The summed E-state index contributed by atoms with van der Waals surface area (Å²) in [5.41, 5.74) is 4.89. The zero-order valence-electron chi connectivity index (χ0n) is 15.5. The van der Waals surface area contributed by atoms with Gasteiger partial charge in [-0.25, -0.2) is 0 Å². The van der Waals surface area contributed by atoms with Gasteiger partial charge in [-0.15, -0.1) is 0 Å². The van der Waals surface area contributed by atoms with Crippen molar-refractivity contribution in [3.8, 4) is 5.75 Å². The van der Waals surface area contributed by atoms with E-state index in [9.17, 15) is 0 Å². The van der Waals surface area contributed by atoms with Crippen molar-refractivity contribution in [1.29, 1.82) is 0 Å². The second-order valence-corrected chi connectivity index (χ2v) is 7.12. The smallest absolute Gasteiger partial charge is 0.119 e. The average molecular weight is 367 g/mol. The lowest BCUT2D eigenvalue weighted by molar-refractivity contribution is 0.306. The van der Waals surface area contributed by atoms with Crippen molar-refractivity contribution in [3.05, 3.63) is 77.6 Å². The second kappa shape index (κ2) is 9.54. The summed E-state index contributed by atoms with van der Waals surface area (Å²) >= 11 is 1.42. The molecule has 0 saturated heterocycles. The molecule has 136 valence electrons. The van der Waals surface area contributed by atoms with E-state index in [1.54, 1.807) is 6.26 Å². The van der Waals surface area contributed by atoms with E-state index in [0.29, 0.717) is 0 Å². The third-order valence-corrected chi connectivity index (χ3v) is 5.30.